The number of piperidine rings is 1. The summed E-state index contributed by atoms with van der Waals surface area (Å²) in [6.45, 7) is 0.0737. The Morgan fingerprint density at radius 3 is 2.36 bits per heavy atom. The molecule has 1 saturated heterocycles. The second-order valence-corrected chi connectivity index (χ2v) is 9.58. The topological polar surface area (TPSA) is 75.7 Å². The van der Waals surface area contributed by atoms with Crippen LogP contribution in [-0.4, -0.2) is 44.5 Å². The molecule has 0 spiro atoms. The Balaban J connectivity index is 1.65. The van der Waals surface area contributed by atoms with Crippen LogP contribution in [0.4, 0.5) is 27.6 Å². The van der Waals surface area contributed by atoms with Crippen molar-refractivity contribution in [1.29, 1.82) is 0 Å². The maximum absolute atomic E-state index is 13.4. The maximum Gasteiger partial charge on any atom is 0.422 e. The highest BCUT2D eigenvalue weighted by Gasteiger charge is 2.33. The van der Waals surface area contributed by atoms with Crippen LogP contribution >= 0.6 is 0 Å². The molecule has 33 heavy (non-hydrogen) atoms. The molecule has 180 valence electrons. The van der Waals surface area contributed by atoms with E-state index in [0.717, 1.165) is 16.4 Å². The lowest BCUT2D eigenvalue weighted by atomic mass is 9.97. The summed E-state index contributed by atoms with van der Waals surface area (Å²) in [5.41, 5.74) is 0.715. The van der Waals surface area contributed by atoms with Gasteiger partial charge in [0.15, 0.2) is 18.2 Å². The first-order valence-corrected chi connectivity index (χ1v) is 11.4. The second kappa shape index (κ2) is 9.64. The molecular weight excluding hydrogens is 471 g/mol. The Bertz CT molecular complexity index is 1130. The predicted octanol–water partition coefficient (Wildman–Crippen LogP) is 4.25. The summed E-state index contributed by atoms with van der Waals surface area (Å²) in [7, 11) is -4.07. The number of aryl methyl sites for hydroxylation is 1. The van der Waals surface area contributed by atoms with Gasteiger partial charge in [-0.1, -0.05) is 6.07 Å². The molecule has 0 aliphatic carbocycles. The lowest BCUT2D eigenvalue weighted by Gasteiger charge is -2.30. The van der Waals surface area contributed by atoms with Crippen LogP contribution < -0.4 is 10.1 Å². The third kappa shape index (κ3) is 6.20. The number of halogens is 5. The Kier molecular flexibility index (Phi) is 7.27. The Morgan fingerprint density at radius 2 is 1.76 bits per heavy atom. The fourth-order valence-corrected chi connectivity index (χ4v) is 4.87. The molecule has 0 aromatic heterocycles. The van der Waals surface area contributed by atoms with Crippen LogP contribution in [-0.2, 0) is 14.8 Å². The summed E-state index contributed by atoms with van der Waals surface area (Å²) in [6, 6.07) is 6.70. The van der Waals surface area contributed by atoms with Crippen LogP contribution in [0.1, 0.15) is 18.4 Å². The van der Waals surface area contributed by atoms with Gasteiger partial charge in [0, 0.05) is 19.0 Å². The summed E-state index contributed by atoms with van der Waals surface area (Å²) >= 11 is 0. The highest BCUT2D eigenvalue weighted by molar-refractivity contribution is 7.89. The van der Waals surface area contributed by atoms with Gasteiger partial charge < -0.3 is 10.1 Å². The minimum atomic E-state index is -4.54. The molecule has 12 heteroatoms. The number of alkyl halides is 3. The predicted molar refractivity (Wildman–Crippen MR) is 109 cm³/mol. The number of carbonyl (C=O) groups excluding carboxylic acids is 1. The fourth-order valence-electron chi connectivity index (χ4n) is 3.39. The Labute approximate surface area is 187 Å². The standard InChI is InChI=1S/C21H21F5N2O4S/c1-13-2-5-18(19(10-13)32-12-21(24,25)26)27-20(29)14-6-8-28(9-7-14)33(30,31)15-3-4-16(22)17(23)11-15/h2-5,10-11,14H,6-9,12H2,1H3,(H,27,29). The molecule has 0 radical (unpaired) electrons. The zero-order valence-corrected chi connectivity index (χ0v) is 18.3. The summed E-state index contributed by atoms with van der Waals surface area (Å²) < 4.78 is 95.4. The van der Waals surface area contributed by atoms with Crippen molar-refractivity contribution in [2.45, 2.75) is 30.8 Å². The van der Waals surface area contributed by atoms with E-state index >= 15 is 0 Å². The number of hydrogen-bond donors (Lipinski definition) is 1. The number of nitrogens with one attached hydrogen (secondary N) is 1. The first-order valence-electron chi connectivity index (χ1n) is 9.93. The van der Waals surface area contributed by atoms with Crippen LogP contribution in [0.3, 0.4) is 0 Å². The van der Waals surface area contributed by atoms with E-state index < -0.39 is 51.2 Å². The number of benzene rings is 2. The zero-order chi connectivity index (χ0) is 24.4. The summed E-state index contributed by atoms with van der Waals surface area (Å²) in [5, 5.41) is 2.55. The minimum Gasteiger partial charge on any atom is -0.482 e. The molecule has 1 amide bonds. The highest BCUT2D eigenvalue weighted by Crippen LogP contribution is 2.30. The molecule has 2 aromatic rings. The maximum atomic E-state index is 13.4. The number of ether oxygens (including phenoxy) is 1. The van der Waals surface area contributed by atoms with Gasteiger partial charge in [-0.15, -0.1) is 0 Å². The van der Waals surface area contributed by atoms with Crippen molar-refractivity contribution in [1.82, 2.24) is 4.31 Å². The molecule has 0 atom stereocenters. The van der Waals surface area contributed by atoms with Gasteiger partial charge in [0.1, 0.15) is 5.75 Å². The molecular formula is C21H21F5N2O4S. The van der Waals surface area contributed by atoms with Crippen LogP contribution in [0, 0.1) is 24.5 Å². The number of amides is 1. The average molecular weight is 492 g/mol. The highest BCUT2D eigenvalue weighted by atomic mass is 32.2. The van der Waals surface area contributed by atoms with Gasteiger partial charge in [0.25, 0.3) is 0 Å². The first kappa shape index (κ1) is 24.9. The van der Waals surface area contributed by atoms with E-state index in [-0.39, 0.29) is 37.4 Å². The number of sulfonamides is 1. The molecule has 2 aromatic carbocycles. The summed E-state index contributed by atoms with van der Waals surface area (Å²) in [4.78, 5) is 12.3. The minimum absolute atomic E-state index is 0.0370. The third-order valence-corrected chi connectivity index (χ3v) is 7.03. The van der Waals surface area contributed by atoms with Gasteiger partial charge in [0.2, 0.25) is 15.9 Å². The van der Waals surface area contributed by atoms with Crippen LogP contribution in [0.2, 0.25) is 0 Å². The smallest absolute Gasteiger partial charge is 0.422 e. The molecule has 0 unspecified atom stereocenters. The second-order valence-electron chi connectivity index (χ2n) is 7.65. The van der Waals surface area contributed by atoms with Crippen molar-refractivity contribution in [3.8, 4) is 5.75 Å². The summed E-state index contributed by atoms with van der Waals surface area (Å²) in [5.74, 6) is -3.66. The van der Waals surface area contributed by atoms with Gasteiger partial charge in [-0.05, 0) is 55.7 Å². The number of hydrogen-bond acceptors (Lipinski definition) is 4. The monoisotopic (exact) mass is 492 g/mol. The molecule has 0 bridgehead atoms. The zero-order valence-electron chi connectivity index (χ0n) is 17.5. The normalized spacial score (nSPS) is 15.9. The van der Waals surface area contributed by atoms with Gasteiger partial charge >= 0.3 is 6.18 Å². The van der Waals surface area contributed by atoms with Gasteiger partial charge in [-0.25, -0.2) is 17.2 Å². The first-order chi connectivity index (χ1) is 15.4. The lowest BCUT2D eigenvalue weighted by molar-refractivity contribution is -0.153. The van der Waals surface area contributed by atoms with Gasteiger partial charge in [-0.3, -0.25) is 4.79 Å². The average Bonchev–Trinajstić information content (AvgIpc) is 2.75. The van der Waals surface area contributed by atoms with E-state index in [2.05, 4.69) is 5.32 Å². The number of carbonyl (C=O) groups is 1. The van der Waals surface area contributed by atoms with Crippen molar-refractivity contribution >= 4 is 21.6 Å². The molecule has 3 rings (SSSR count). The number of nitrogens with zero attached hydrogens (tertiary/aromatic N) is 1. The number of anilines is 1. The van der Waals surface area contributed by atoms with E-state index in [1.54, 1.807) is 13.0 Å². The molecule has 1 aliphatic rings. The molecule has 1 heterocycles. The number of rotatable bonds is 6. The lowest BCUT2D eigenvalue weighted by Crippen LogP contribution is -2.41. The Hall–Kier alpha value is -2.73. The van der Waals surface area contributed by atoms with Crippen LogP contribution in [0.15, 0.2) is 41.3 Å². The third-order valence-electron chi connectivity index (χ3n) is 5.14. The van der Waals surface area contributed by atoms with Gasteiger partial charge in [-0.2, -0.15) is 17.5 Å². The van der Waals surface area contributed by atoms with Gasteiger partial charge in [0.05, 0.1) is 10.6 Å². The summed E-state index contributed by atoms with van der Waals surface area (Å²) in [6.07, 6.45) is -4.27. The van der Waals surface area contributed by atoms with Crippen molar-refractivity contribution in [2.75, 3.05) is 25.0 Å². The molecule has 0 saturated carbocycles. The van der Waals surface area contributed by atoms with E-state index in [9.17, 15) is 35.2 Å². The van der Waals surface area contributed by atoms with E-state index in [0.29, 0.717) is 11.6 Å². The van der Waals surface area contributed by atoms with E-state index in [1.807, 2.05) is 0 Å². The van der Waals surface area contributed by atoms with Crippen molar-refractivity contribution in [3.05, 3.63) is 53.6 Å². The largest absolute Gasteiger partial charge is 0.482 e. The van der Waals surface area contributed by atoms with Crippen LogP contribution in [0.5, 0.6) is 5.75 Å². The molecule has 6 nitrogen and oxygen atoms in total. The van der Waals surface area contributed by atoms with Crippen LogP contribution in [0.25, 0.3) is 0 Å². The van der Waals surface area contributed by atoms with E-state index in [1.165, 1.54) is 12.1 Å². The van der Waals surface area contributed by atoms with Crippen molar-refractivity contribution in [3.63, 3.8) is 0 Å². The fraction of sp³-hybridized carbons (Fsp3) is 0.381. The molecule has 1 N–H and O–H groups in total. The Morgan fingerprint density at radius 1 is 1.09 bits per heavy atom. The van der Waals surface area contributed by atoms with Crippen molar-refractivity contribution in [2.24, 2.45) is 5.92 Å². The van der Waals surface area contributed by atoms with E-state index in [4.69, 9.17) is 4.74 Å². The molecule has 1 aliphatic heterocycles. The SMILES string of the molecule is Cc1ccc(NC(=O)C2CCN(S(=O)(=O)c3ccc(F)c(F)c3)CC2)c(OCC(F)(F)F)c1. The van der Waals surface area contributed by atoms with Crippen molar-refractivity contribution < 1.29 is 39.9 Å². The quantitative estimate of drug-likeness (QED) is 0.612. The molecule has 1 fully saturated rings.